The lowest BCUT2D eigenvalue weighted by atomic mass is 9.78. The Morgan fingerprint density at radius 2 is 1.65 bits per heavy atom. The van der Waals surface area contributed by atoms with E-state index in [1.54, 1.807) is 0 Å². The van der Waals surface area contributed by atoms with Gasteiger partial charge in [0.05, 0.1) is 5.41 Å². The zero-order valence-electron chi connectivity index (χ0n) is 11.9. The second-order valence-corrected chi connectivity index (χ2v) is 5.77. The zero-order chi connectivity index (χ0) is 14.6. The zero-order valence-corrected chi connectivity index (χ0v) is 12.7. The fourth-order valence-corrected chi connectivity index (χ4v) is 2.79. The normalized spacial score (nSPS) is 13.8. The molecule has 104 valence electrons. The van der Waals surface area contributed by atoms with Crippen LogP contribution in [0.25, 0.3) is 0 Å². The van der Waals surface area contributed by atoms with Gasteiger partial charge in [0.1, 0.15) is 6.29 Å². The number of carbonyl (C=O) groups excluding carboxylic acids is 1. The van der Waals surface area contributed by atoms with Gasteiger partial charge in [0.15, 0.2) is 0 Å². The molecule has 1 atom stereocenters. The van der Waals surface area contributed by atoms with E-state index in [-0.39, 0.29) is 0 Å². The maximum atomic E-state index is 11.6. The van der Waals surface area contributed by atoms with Crippen molar-refractivity contribution in [2.24, 2.45) is 0 Å². The van der Waals surface area contributed by atoms with E-state index in [9.17, 15) is 4.79 Å². The summed E-state index contributed by atoms with van der Waals surface area (Å²) in [6.07, 6.45) is 2.68. The van der Waals surface area contributed by atoms with Crippen molar-refractivity contribution < 1.29 is 4.79 Å². The molecule has 1 unspecified atom stereocenters. The molecule has 0 aliphatic carbocycles. The molecule has 2 rings (SSSR count). The molecule has 0 radical (unpaired) electrons. The van der Waals surface area contributed by atoms with Gasteiger partial charge in [-0.3, -0.25) is 0 Å². The van der Waals surface area contributed by atoms with Gasteiger partial charge in [0.2, 0.25) is 0 Å². The smallest absolute Gasteiger partial charge is 0.130 e. The fourth-order valence-electron chi connectivity index (χ4n) is 2.44. The first kappa shape index (κ1) is 14.8. The van der Waals surface area contributed by atoms with Crippen LogP contribution in [0.2, 0.25) is 5.02 Å². The highest BCUT2D eigenvalue weighted by Crippen LogP contribution is 2.31. The van der Waals surface area contributed by atoms with Crippen molar-refractivity contribution in [3.8, 4) is 0 Å². The molecule has 2 aromatic rings. The van der Waals surface area contributed by atoms with E-state index in [0.717, 1.165) is 23.8 Å². The first-order valence-electron chi connectivity index (χ1n) is 6.88. The summed E-state index contributed by atoms with van der Waals surface area (Å²) in [6.45, 7) is 4.07. The van der Waals surface area contributed by atoms with Gasteiger partial charge in [-0.05, 0) is 42.5 Å². The third-order valence-electron chi connectivity index (χ3n) is 3.75. The van der Waals surface area contributed by atoms with Crippen LogP contribution in [-0.4, -0.2) is 6.29 Å². The van der Waals surface area contributed by atoms with Crippen LogP contribution in [-0.2, 0) is 23.1 Å². The highest BCUT2D eigenvalue weighted by molar-refractivity contribution is 6.31. The van der Waals surface area contributed by atoms with Crippen LogP contribution in [0.5, 0.6) is 0 Å². The molecule has 0 aromatic heterocycles. The monoisotopic (exact) mass is 286 g/mol. The molecule has 0 saturated heterocycles. The molecule has 0 bridgehead atoms. The van der Waals surface area contributed by atoms with E-state index in [0.29, 0.717) is 11.4 Å². The number of aldehydes is 1. The summed E-state index contributed by atoms with van der Waals surface area (Å²) in [5.74, 6) is 0. The number of rotatable bonds is 5. The second-order valence-electron chi connectivity index (χ2n) is 5.36. The molecule has 2 aromatic carbocycles. The van der Waals surface area contributed by atoms with E-state index in [1.807, 2.05) is 31.2 Å². The predicted octanol–water partition coefficient (Wildman–Crippen LogP) is 4.60. The molecular weight excluding hydrogens is 268 g/mol. The van der Waals surface area contributed by atoms with Crippen molar-refractivity contribution in [3.63, 3.8) is 0 Å². The summed E-state index contributed by atoms with van der Waals surface area (Å²) in [5.41, 5.74) is 2.75. The third kappa shape index (κ3) is 3.10. The lowest BCUT2D eigenvalue weighted by Crippen LogP contribution is -2.27. The Bertz CT molecular complexity index is 589. The first-order chi connectivity index (χ1) is 9.59. The van der Waals surface area contributed by atoms with E-state index in [1.165, 1.54) is 5.56 Å². The number of carbonyl (C=O) groups is 1. The summed E-state index contributed by atoms with van der Waals surface area (Å²) < 4.78 is 0. The summed E-state index contributed by atoms with van der Waals surface area (Å²) in [4.78, 5) is 11.6. The van der Waals surface area contributed by atoms with E-state index in [4.69, 9.17) is 11.6 Å². The molecule has 1 nitrogen and oxygen atoms in total. The molecule has 0 N–H and O–H groups in total. The lowest BCUT2D eigenvalue weighted by Gasteiger charge is -2.25. The molecule has 0 amide bonds. The van der Waals surface area contributed by atoms with Gasteiger partial charge in [-0.1, -0.05) is 61.0 Å². The summed E-state index contributed by atoms with van der Waals surface area (Å²) in [7, 11) is 0. The summed E-state index contributed by atoms with van der Waals surface area (Å²) >= 11 is 6.24. The highest BCUT2D eigenvalue weighted by atomic mass is 35.5. The maximum Gasteiger partial charge on any atom is 0.130 e. The van der Waals surface area contributed by atoms with Crippen LogP contribution >= 0.6 is 11.6 Å². The van der Waals surface area contributed by atoms with Gasteiger partial charge in [-0.25, -0.2) is 0 Å². The predicted molar refractivity (Wildman–Crippen MR) is 84.4 cm³/mol. The maximum absolute atomic E-state index is 11.6. The second kappa shape index (κ2) is 6.23. The van der Waals surface area contributed by atoms with Crippen molar-refractivity contribution >= 4 is 17.9 Å². The minimum atomic E-state index is -0.591. The Labute approximate surface area is 125 Å². The van der Waals surface area contributed by atoms with Gasteiger partial charge in [0, 0.05) is 5.02 Å². The number of hydrogen-bond donors (Lipinski definition) is 0. The van der Waals surface area contributed by atoms with Crippen LogP contribution in [0.1, 0.15) is 30.5 Å². The summed E-state index contributed by atoms with van der Waals surface area (Å²) in [5, 5.41) is 0.646. The molecule has 0 aliphatic rings. The first-order valence-corrected chi connectivity index (χ1v) is 7.26. The van der Waals surface area contributed by atoms with Gasteiger partial charge < -0.3 is 4.79 Å². The molecular formula is C18H19ClO. The molecule has 0 saturated carbocycles. The highest BCUT2D eigenvalue weighted by Gasteiger charge is 2.28. The van der Waals surface area contributed by atoms with Crippen LogP contribution in [0.15, 0.2) is 48.5 Å². The molecule has 0 spiro atoms. The third-order valence-corrected chi connectivity index (χ3v) is 4.08. The van der Waals surface area contributed by atoms with Crippen LogP contribution in [0.4, 0.5) is 0 Å². The Morgan fingerprint density at radius 3 is 2.20 bits per heavy atom. The van der Waals surface area contributed by atoms with Crippen LogP contribution < -0.4 is 0 Å². The number of aryl methyl sites for hydroxylation is 1. The number of hydrogen-bond acceptors (Lipinski definition) is 1. The molecule has 0 aliphatic heterocycles. The number of benzene rings is 2. The Morgan fingerprint density at radius 1 is 1.05 bits per heavy atom. The largest absolute Gasteiger partial charge is 0.302 e. The van der Waals surface area contributed by atoms with Crippen molar-refractivity contribution in [2.45, 2.75) is 32.1 Å². The summed E-state index contributed by atoms with van der Waals surface area (Å²) in [6, 6.07) is 16.0. The van der Waals surface area contributed by atoms with E-state index >= 15 is 0 Å². The van der Waals surface area contributed by atoms with E-state index in [2.05, 4.69) is 31.2 Å². The SMILES string of the molecule is CCc1ccc(CC(C)(C=O)c2ccccc2Cl)cc1. The van der Waals surface area contributed by atoms with Gasteiger partial charge in [0.25, 0.3) is 0 Å². The van der Waals surface area contributed by atoms with Gasteiger partial charge in [-0.2, -0.15) is 0 Å². The average Bonchev–Trinajstić information content (AvgIpc) is 2.48. The molecule has 2 heteroatoms. The Balaban J connectivity index is 2.31. The van der Waals surface area contributed by atoms with Crippen molar-refractivity contribution in [2.75, 3.05) is 0 Å². The Kier molecular flexibility index (Phi) is 4.61. The van der Waals surface area contributed by atoms with Crippen LogP contribution in [0.3, 0.4) is 0 Å². The standard InChI is InChI=1S/C18H19ClO/c1-3-14-8-10-15(11-9-14)12-18(2,13-20)16-6-4-5-7-17(16)19/h4-11,13H,3,12H2,1-2H3. The van der Waals surface area contributed by atoms with Crippen molar-refractivity contribution in [3.05, 3.63) is 70.2 Å². The van der Waals surface area contributed by atoms with Gasteiger partial charge in [-0.15, -0.1) is 0 Å². The van der Waals surface area contributed by atoms with Crippen molar-refractivity contribution in [1.82, 2.24) is 0 Å². The van der Waals surface area contributed by atoms with Crippen LogP contribution in [0, 0.1) is 0 Å². The minimum absolute atomic E-state index is 0.591. The molecule has 0 fully saturated rings. The molecule has 0 heterocycles. The topological polar surface area (TPSA) is 17.1 Å². The fraction of sp³-hybridized carbons (Fsp3) is 0.278. The average molecular weight is 287 g/mol. The van der Waals surface area contributed by atoms with Crippen molar-refractivity contribution in [1.29, 1.82) is 0 Å². The quantitative estimate of drug-likeness (QED) is 0.734. The minimum Gasteiger partial charge on any atom is -0.302 e. The Hall–Kier alpha value is -1.60. The molecule has 20 heavy (non-hydrogen) atoms. The number of halogens is 1. The van der Waals surface area contributed by atoms with E-state index < -0.39 is 5.41 Å². The lowest BCUT2D eigenvalue weighted by molar-refractivity contribution is -0.112. The van der Waals surface area contributed by atoms with Gasteiger partial charge >= 0.3 is 0 Å².